The number of nitrogens with one attached hydrogen (secondary N) is 2. The van der Waals surface area contributed by atoms with E-state index in [0.717, 1.165) is 23.4 Å². The van der Waals surface area contributed by atoms with Gasteiger partial charge in [0, 0.05) is 12.2 Å². The molecule has 0 aliphatic rings. The Morgan fingerprint density at radius 3 is 2.79 bits per heavy atom. The predicted molar refractivity (Wildman–Crippen MR) is 100 cm³/mol. The van der Waals surface area contributed by atoms with Gasteiger partial charge in [0.25, 0.3) is 0 Å². The Morgan fingerprint density at radius 1 is 1.33 bits per heavy atom. The molecule has 0 spiro atoms. The molecular formula is C15H19ClN4O2S2. The number of aliphatic imine (C=N–C) groups is 1. The van der Waals surface area contributed by atoms with Crippen LogP contribution in [0.15, 0.2) is 45.6 Å². The topological polar surface area (TPSA) is 96.6 Å². The Balaban J connectivity index is 1.84. The molecule has 6 nitrogen and oxygen atoms in total. The van der Waals surface area contributed by atoms with Crippen LogP contribution < -0.4 is 15.8 Å². The number of nitrogens with zero attached hydrogens (tertiary/aromatic N) is 1. The van der Waals surface area contributed by atoms with Gasteiger partial charge in [-0.3, -0.25) is 4.99 Å². The van der Waals surface area contributed by atoms with E-state index in [1.165, 1.54) is 11.6 Å². The molecule has 0 atom stereocenters. The van der Waals surface area contributed by atoms with Crippen LogP contribution in [-0.4, -0.2) is 27.5 Å². The summed E-state index contributed by atoms with van der Waals surface area (Å²) in [7, 11) is -3.55. The third-order valence-electron chi connectivity index (χ3n) is 3.11. The second-order valence-corrected chi connectivity index (χ2v) is 8.61. The van der Waals surface area contributed by atoms with Gasteiger partial charge in [-0.1, -0.05) is 30.7 Å². The van der Waals surface area contributed by atoms with Gasteiger partial charge in [-0.2, -0.15) is 0 Å². The Kier molecular flexibility index (Phi) is 6.61. The van der Waals surface area contributed by atoms with Gasteiger partial charge >= 0.3 is 0 Å². The Bertz CT molecular complexity index is 818. The summed E-state index contributed by atoms with van der Waals surface area (Å²) in [5.41, 5.74) is 7.85. The highest BCUT2D eigenvalue weighted by Crippen LogP contribution is 2.25. The maximum absolute atomic E-state index is 12.0. The number of hydrogen-bond donors (Lipinski definition) is 3. The summed E-state index contributed by atoms with van der Waals surface area (Å²) in [6.07, 6.45) is 0.932. The van der Waals surface area contributed by atoms with E-state index >= 15 is 0 Å². The number of thiophene rings is 1. The highest BCUT2D eigenvalue weighted by Gasteiger charge is 2.15. The summed E-state index contributed by atoms with van der Waals surface area (Å²) >= 11 is 6.75. The van der Waals surface area contributed by atoms with Gasteiger partial charge < -0.3 is 11.1 Å². The lowest BCUT2D eigenvalue weighted by molar-refractivity contribution is 0.584. The summed E-state index contributed by atoms with van der Waals surface area (Å²) in [4.78, 5) is 4.11. The zero-order valence-electron chi connectivity index (χ0n) is 13.1. The second-order valence-electron chi connectivity index (χ2n) is 4.90. The zero-order valence-corrected chi connectivity index (χ0v) is 15.5. The SMILES string of the molecule is CCc1cccc(NC(N)=NCCNS(=O)(=O)c2ccc(Cl)s2)c1. The van der Waals surface area contributed by atoms with Crippen LogP contribution in [0.25, 0.3) is 0 Å². The normalized spacial score (nSPS) is 12.3. The highest BCUT2D eigenvalue weighted by molar-refractivity contribution is 7.91. The van der Waals surface area contributed by atoms with Crippen molar-refractivity contribution in [2.24, 2.45) is 10.7 Å². The van der Waals surface area contributed by atoms with Crippen molar-refractivity contribution in [3.8, 4) is 0 Å². The number of aryl methyl sites for hydroxylation is 1. The number of hydrogen-bond acceptors (Lipinski definition) is 4. The van der Waals surface area contributed by atoms with Crippen molar-refractivity contribution in [3.05, 3.63) is 46.3 Å². The number of sulfonamides is 1. The van der Waals surface area contributed by atoms with Crippen LogP contribution in [0.2, 0.25) is 4.34 Å². The minimum atomic E-state index is -3.55. The van der Waals surface area contributed by atoms with Crippen molar-refractivity contribution < 1.29 is 8.42 Å². The lowest BCUT2D eigenvalue weighted by Crippen LogP contribution is -2.28. The minimum Gasteiger partial charge on any atom is -0.370 e. The molecule has 0 saturated carbocycles. The van der Waals surface area contributed by atoms with Crippen molar-refractivity contribution in [1.82, 2.24) is 4.72 Å². The smallest absolute Gasteiger partial charge is 0.250 e. The summed E-state index contributed by atoms with van der Waals surface area (Å²) in [5, 5.41) is 2.98. The second kappa shape index (κ2) is 8.48. The first-order chi connectivity index (χ1) is 11.4. The Morgan fingerprint density at radius 2 is 2.12 bits per heavy atom. The lowest BCUT2D eigenvalue weighted by Gasteiger charge is -2.07. The number of halogens is 1. The number of guanidine groups is 1. The van der Waals surface area contributed by atoms with Crippen molar-refractivity contribution in [2.45, 2.75) is 17.6 Å². The molecule has 24 heavy (non-hydrogen) atoms. The monoisotopic (exact) mass is 386 g/mol. The van der Waals surface area contributed by atoms with Gasteiger partial charge in [0.05, 0.1) is 10.9 Å². The first kappa shape index (κ1) is 18.7. The molecule has 0 aliphatic carbocycles. The minimum absolute atomic E-state index is 0.148. The summed E-state index contributed by atoms with van der Waals surface area (Å²) in [6.45, 7) is 2.45. The van der Waals surface area contributed by atoms with Gasteiger partial charge in [0.15, 0.2) is 5.96 Å². The van der Waals surface area contributed by atoms with Gasteiger partial charge in [-0.15, -0.1) is 11.3 Å². The standard InChI is InChI=1S/C15H19ClN4O2S2/c1-2-11-4-3-5-12(10-11)20-15(17)18-8-9-19-24(21,22)14-7-6-13(16)23-14/h3-7,10,19H,2,8-9H2,1H3,(H3,17,18,20). The molecule has 4 N–H and O–H groups in total. The number of rotatable bonds is 7. The van der Waals surface area contributed by atoms with Crippen LogP contribution in [0, 0.1) is 0 Å². The van der Waals surface area contributed by atoms with E-state index in [1.807, 2.05) is 24.3 Å². The summed E-state index contributed by atoms with van der Waals surface area (Å²) < 4.78 is 27.1. The van der Waals surface area contributed by atoms with Crippen molar-refractivity contribution in [3.63, 3.8) is 0 Å². The van der Waals surface area contributed by atoms with Crippen molar-refractivity contribution in [1.29, 1.82) is 0 Å². The summed E-state index contributed by atoms with van der Waals surface area (Å²) in [6, 6.07) is 10.9. The third-order valence-corrected chi connectivity index (χ3v) is 6.29. The van der Waals surface area contributed by atoms with Crippen LogP contribution in [0.3, 0.4) is 0 Å². The predicted octanol–water partition coefficient (Wildman–Crippen LogP) is 2.67. The molecule has 130 valence electrons. The van der Waals surface area contributed by atoms with E-state index in [2.05, 4.69) is 22.0 Å². The molecule has 1 heterocycles. The fraction of sp³-hybridized carbons (Fsp3) is 0.267. The first-order valence-corrected chi connectivity index (χ1v) is 9.99. The summed E-state index contributed by atoms with van der Waals surface area (Å²) in [5.74, 6) is 0.238. The van der Waals surface area contributed by atoms with E-state index in [4.69, 9.17) is 17.3 Å². The Labute approximate surface area is 150 Å². The molecule has 0 amide bonds. The van der Waals surface area contributed by atoms with E-state index in [1.54, 1.807) is 6.07 Å². The van der Waals surface area contributed by atoms with Crippen LogP contribution in [0.1, 0.15) is 12.5 Å². The largest absolute Gasteiger partial charge is 0.370 e. The molecule has 0 bridgehead atoms. The maximum atomic E-state index is 12.0. The van der Waals surface area contributed by atoms with E-state index < -0.39 is 10.0 Å². The van der Waals surface area contributed by atoms with E-state index in [-0.39, 0.29) is 23.3 Å². The number of benzene rings is 1. The average Bonchev–Trinajstić information content (AvgIpc) is 2.99. The highest BCUT2D eigenvalue weighted by atomic mass is 35.5. The lowest BCUT2D eigenvalue weighted by atomic mass is 10.1. The quantitative estimate of drug-likeness (QED) is 0.387. The molecule has 0 radical (unpaired) electrons. The number of nitrogens with two attached hydrogens (primary N) is 1. The van der Waals surface area contributed by atoms with Crippen molar-refractivity contribution in [2.75, 3.05) is 18.4 Å². The first-order valence-electron chi connectivity index (χ1n) is 7.31. The fourth-order valence-electron chi connectivity index (χ4n) is 1.93. The Hall–Kier alpha value is -1.61. The van der Waals surface area contributed by atoms with Gasteiger partial charge in [-0.25, -0.2) is 13.1 Å². The van der Waals surface area contributed by atoms with E-state index in [9.17, 15) is 8.42 Å². The van der Waals surface area contributed by atoms with Gasteiger partial charge in [-0.05, 0) is 36.2 Å². The van der Waals surface area contributed by atoms with Gasteiger partial charge in [0.1, 0.15) is 4.21 Å². The van der Waals surface area contributed by atoms with Crippen LogP contribution >= 0.6 is 22.9 Å². The van der Waals surface area contributed by atoms with Crippen LogP contribution in [0.5, 0.6) is 0 Å². The van der Waals surface area contributed by atoms with Crippen LogP contribution in [0.4, 0.5) is 5.69 Å². The molecule has 0 unspecified atom stereocenters. The number of anilines is 1. The van der Waals surface area contributed by atoms with E-state index in [0.29, 0.717) is 4.34 Å². The molecule has 1 aromatic carbocycles. The molecule has 0 fully saturated rings. The molecule has 0 aliphatic heterocycles. The average molecular weight is 387 g/mol. The molecule has 1 aromatic heterocycles. The van der Waals surface area contributed by atoms with Gasteiger partial charge in [0.2, 0.25) is 10.0 Å². The molecular weight excluding hydrogens is 368 g/mol. The maximum Gasteiger partial charge on any atom is 0.250 e. The molecule has 9 heteroatoms. The van der Waals surface area contributed by atoms with Crippen LogP contribution in [-0.2, 0) is 16.4 Å². The van der Waals surface area contributed by atoms with Crippen molar-refractivity contribution >= 4 is 44.6 Å². The molecule has 2 aromatic rings. The zero-order chi connectivity index (χ0) is 17.6. The molecule has 2 rings (SSSR count). The third kappa shape index (κ3) is 5.48. The molecule has 0 saturated heterocycles. The fourth-order valence-corrected chi connectivity index (χ4v) is 4.47.